The van der Waals surface area contributed by atoms with Crippen LogP contribution >= 0.6 is 0 Å². The zero-order valence-electron chi connectivity index (χ0n) is 16.9. The molecule has 152 valence electrons. The smallest absolute Gasteiger partial charge is 0.228 e. The molecule has 7 nitrogen and oxygen atoms in total. The van der Waals surface area contributed by atoms with Crippen molar-refractivity contribution in [2.75, 3.05) is 10.6 Å². The molecule has 1 amide bonds. The number of allylic oxidation sites excluding steroid dienone is 1. The molecule has 0 radical (unpaired) electrons. The van der Waals surface area contributed by atoms with Gasteiger partial charge in [-0.05, 0) is 37.0 Å². The zero-order valence-corrected chi connectivity index (χ0v) is 16.9. The quantitative estimate of drug-likeness (QED) is 0.588. The average molecular weight is 400 g/mol. The number of carbonyl (C=O) groups is 1. The Morgan fingerprint density at radius 2 is 2.20 bits per heavy atom. The maximum Gasteiger partial charge on any atom is 0.228 e. The Hall–Kier alpha value is -3.61. The van der Waals surface area contributed by atoms with Crippen LogP contribution in [0.25, 0.3) is 11.7 Å². The van der Waals surface area contributed by atoms with E-state index in [2.05, 4.69) is 58.8 Å². The van der Waals surface area contributed by atoms with Gasteiger partial charge < -0.3 is 16.0 Å². The first-order chi connectivity index (χ1) is 14.5. The second-order valence-electron chi connectivity index (χ2n) is 8.00. The average Bonchev–Trinajstić information content (AvgIpc) is 3.35. The van der Waals surface area contributed by atoms with Crippen LogP contribution in [-0.4, -0.2) is 26.5 Å². The number of anilines is 2. The fraction of sp³-hybridized carbons (Fsp3) is 0.261. The van der Waals surface area contributed by atoms with Crippen molar-refractivity contribution in [3.05, 3.63) is 71.1 Å². The summed E-state index contributed by atoms with van der Waals surface area (Å²) in [7, 11) is 0. The number of hydrogen-bond donors (Lipinski definition) is 3. The Kier molecular flexibility index (Phi) is 4.50. The van der Waals surface area contributed by atoms with Crippen molar-refractivity contribution in [2.45, 2.75) is 38.8 Å². The standard InChI is InChI=1S/C23H24N6O/c1-14-4-3-5-16(8-14)12-24-20-11-21(27-19-6-7-19)29-23(28-20)18(13-25-29)9-17-10-22(30)26-15(17)2/h3-5,8-9,11,13,19,27H,2,6-7,10,12H2,1H3,(H,24,28)(H,26,30)/b17-9+. The molecular weight excluding hydrogens is 376 g/mol. The molecule has 1 saturated carbocycles. The van der Waals surface area contributed by atoms with Gasteiger partial charge in [-0.15, -0.1) is 0 Å². The highest BCUT2D eigenvalue weighted by Crippen LogP contribution is 2.28. The SMILES string of the molecule is C=C1NC(=O)C/C1=C\c1cnn2c(NC3CC3)cc(NCc3cccc(C)c3)nc12. The van der Waals surface area contributed by atoms with Crippen molar-refractivity contribution in [3.63, 3.8) is 0 Å². The van der Waals surface area contributed by atoms with E-state index in [1.165, 1.54) is 24.0 Å². The number of aryl methyl sites for hydroxylation is 1. The lowest BCUT2D eigenvalue weighted by Crippen LogP contribution is -2.10. The first kappa shape index (κ1) is 18.4. The van der Waals surface area contributed by atoms with Gasteiger partial charge in [0.1, 0.15) is 11.6 Å². The summed E-state index contributed by atoms with van der Waals surface area (Å²) < 4.78 is 1.83. The highest BCUT2D eigenvalue weighted by Gasteiger charge is 2.24. The van der Waals surface area contributed by atoms with Crippen LogP contribution < -0.4 is 16.0 Å². The molecule has 3 heterocycles. The first-order valence-corrected chi connectivity index (χ1v) is 10.2. The summed E-state index contributed by atoms with van der Waals surface area (Å²) in [6.45, 7) is 6.71. The summed E-state index contributed by atoms with van der Waals surface area (Å²) in [5, 5.41) is 14.3. The number of aromatic nitrogens is 3. The van der Waals surface area contributed by atoms with Gasteiger partial charge in [-0.25, -0.2) is 4.98 Å². The van der Waals surface area contributed by atoms with Crippen LogP contribution in [0.3, 0.4) is 0 Å². The Morgan fingerprint density at radius 1 is 1.33 bits per heavy atom. The minimum Gasteiger partial charge on any atom is -0.367 e. The Balaban J connectivity index is 1.50. The molecule has 2 aromatic heterocycles. The predicted octanol–water partition coefficient (Wildman–Crippen LogP) is 3.64. The van der Waals surface area contributed by atoms with Gasteiger partial charge in [0.05, 0.1) is 12.6 Å². The molecule has 30 heavy (non-hydrogen) atoms. The molecule has 7 heteroatoms. The van der Waals surface area contributed by atoms with E-state index in [4.69, 9.17) is 4.98 Å². The van der Waals surface area contributed by atoms with Gasteiger partial charge >= 0.3 is 0 Å². The highest BCUT2D eigenvalue weighted by atomic mass is 16.1. The fourth-order valence-electron chi connectivity index (χ4n) is 3.62. The molecule has 5 rings (SSSR count). The number of benzene rings is 1. The number of carbonyl (C=O) groups excluding carboxylic acids is 1. The van der Waals surface area contributed by atoms with Crippen LogP contribution in [0.15, 0.2) is 54.4 Å². The molecule has 3 aromatic rings. The molecule has 1 aliphatic heterocycles. The van der Waals surface area contributed by atoms with E-state index in [1.54, 1.807) is 6.20 Å². The van der Waals surface area contributed by atoms with E-state index in [1.807, 2.05) is 16.7 Å². The maximum absolute atomic E-state index is 11.7. The molecule has 2 aliphatic rings. The van der Waals surface area contributed by atoms with Gasteiger partial charge in [0.15, 0.2) is 5.65 Å². The molecule has 0 unspecified atom stereocenters. The maximum atomic E-state index is 11.7. The van der Waals surface area contributed by atoms with Crippen molar-refractivity contribution in [1.29, 1.82) is 0 Å². The minimum atomic E-state index is -0.0349. The van der Waals surface area contributed by atoms with Gasteiger partial charge in [0.25, 0.3) is 0 Å². The van der Waals surface area contributed by atoms with Crippen LogP contribution in [0.2, 0.25) is 0 Å². The van der Waals surface area contributed by atoms with Gasteiger partial charge in [-0.3, -0.25) is 4.79 Å². The number of nitrogens with zero attached hydrogens (tertiary/aromatic N) is 3. The number of amides is 1. The van der Waals surface area contributed by atoms with Gasteiger partial charge in [0.2, 0.25) is 5.91 Å². The van der Waals surface area contributed by atoms with Crippen LogP contribution in [0.4, 0.5) is 11.6 Å². The third-order valence-corrected chi connectivity index (χ3v) is 5.34. The number of hydrogen-bond acceptors (Lipinski definition) is 5. The summed E-state index contributed by atoms with van der Waals surface area (Å²) in [6.07, 6.45) is 6.40. The molecule has 0 spiro atoms. The molecule has 1 aliphatic carbocycles. The van der Waals surface area contributed by atoms with Crippen LogP contribution in [0.1, 0.15) is 36.0 Å². The van der Waals surface area contributed by atoms with Crippen molar-refractivity contribution in [1.82, 2.24) is 19.9 Å². The second-order valence-corrected chi connectivity index (χ2v) is 8.00. The lowest BCUT2D eigenvalue weighted by Gasteiger charge is -2.12. The largest absolute Gasteiger partial charge is 0.367 e. The Bertz CT molecular complexity index is 1190. The molecule has 1 aromatic carbocycles. The predicted molar refractivity (Wildman–Crippen MR) is 118 cm³/mol. The van der Waals surface area contributed by atoms with Crippen LogP contribution in [0, 0.1) is 6.92 Å². The summed E-state index contributed by atoms with van der Waals surface area (Å²) in [5.74, 6) is 1.66. The van der Waals surface area contributed by atoms with Gasteiger partial charge in [-0.2, -0.15) is 9.61 Å². The van der Waals surface area contributed by atoms with E-state index >= 15 is 0 Å². The normalized spacial score (nSPS) is 17.6. The molecule has 1 saturated heterocycles. The molecule has 3 N–H and O–H groups in total. The number of nitrogens with one attached hydrogen (secondary N) is 3. The van der Waals surface area contributed by atoms with Crippen molar-refractivity contribution in [3.8, 4) is 0 Å². The van der Waals surface area contributed by atoms with E-state index < -0.39 is 0 Å². The minimum absolute atomic E-state index is 0.0349. The summed E-state index contributed by atoms with van der Waals surface area (Å²) in [4.78, 5) is 16.5. The highest BCUT2D eigenvalue weighted by molar-refractivity contribution is 5.89. The third kappa shape index (κ3) is 3.78. The van der Waals surface area contributed by atoms with Crippen LogP contribution in [0.5, 0.6) is 0 Å². The summed E-state index contributed by atoms with van der Waals surface area (Å²) in [6, 6.07) is 10.9. The molecular formula is C23H24N6O. The van der Waals surface area contributed by atoms with Gasteiger partial charge in [0, 0.05) is 29.9 Å². The second kappa shape index (κ2) is 7.33. The molecule has 0 atom stereocenters. The number of fused-ring (bicyclic) bond motifs is 1. The van der Waals surface area contributed by atoms with Crippen molar-refractivity contribution < 1.29 is 4.79 Å². The number of rotatable bonds is 6. The lowest BCUT2D eigenvalue weighted by molar-refractivity contribution is -0.118. The van der Waals surface area contributed by atoms with E-state index in [-0.39, 0.29) is 5.91 Å². The zero-order chi connectivity index (χ0) is 20.7. The molecule has 0 bridgehead atoms. The monoisotopic (exact) mass is 400 g/mol. The first-order valence-electron chi connectivity index (χ1n) is 10.2. The third-order valence-electron chi connectivity index (χ3n) is 5.34. The fourth-order valence-corrected chi connectivity index (χ4v) is 3.62. The van der Waals surface area contributed by atoms with E-state index in [0.717, 1.165) is 28.4 Å². The Labute approximate surface area is 174 Å². The topological polar surface area (TPSA) is 83.4 Å². The van der Waals surface area contributed by atoms with E-state index in [0.29, 0.717) is 24.7 Å². The Morgan fingerprint density at radius 3 is 2.93 bits per heavy atom. The summed E-state index contributed by atoms with van der Waals surface area (Å²) in [5.41, 5.74) is 5.55. The summed E-state index contributed by atoms with van der Waals surface area (Å²) >= 11 is 0. The van der Waals surface area contributed by atoms with Crippen molar-refractivity contribution >= 4 is 29.3 Å². The van der Waals surface area contributed by atoms with Crippen molar-refractivity contribution in [2.24, 2.45) is 0 Å². The lowest BCUT2D eigenvalue weighted by atomic mass is 10.1. The van der Waals surface area contributed by atoms with Gasteiger partial charge in [-0.1, -0.05) is 36.4 Å². The van der Waals surface area contributed by atoms with Crippen LogP contribution in [-0.2, 0) is 11.3 Å². The van der Waals surface area contributed by atoms with E-state index in [9.17, 15) is 4.79 Å². The molecule has 2 fully saturated rings.